The number of aliphatic hydroxyl groups is 1. The van der Waals surface area contributed by atoms with Gasteiger partial charge in [-0.2, -0.15) is 0 Å². The average Bonchev–Trinajstić information content (AvgIpc) is 3.05. The fourth-order valence-electron chi connectivity index (χ4n) is 4.22. The Kier molecular flexibility index (Phi) is 5.74. The normalized spacial score (nSPS) is 18.7. The Labute approximate surface area is 149 Å². The first-order valence-corrected chi connectivity index (χ1v) is 9.43. The first kappa shape index (κ1) is 17.9. The van der Waals surface area contributed by atoms with E-state index in [1.165, 1.54) is 19.3 Å². The molecule has 1 aliphatic heterocycles. The zero-order chi connectivity index (χ0) is 17.8. The highest BCUT2D eigenvalue weighted by molar-refractivity contribution is 5.98. The van der Waals surface area contributed by atoms with Crippen molar-refractivity contribution in [3.05, 3.63) is 29.3 Å². The fraction of sp³-hybridized carbons (Fsp3) is 0.600. The minimum atomic E-state index is -0.0758. The number of carbonyl (C=O) groups is 2. The summed E-state index contributed by atoms with van der Waals surface area (Å²) < 4.78 is 0. The smallest absolute Gasteiger partial charge is 0.251 e. The Morgan fingerprint density at radius 1 is 1.28 bits per heavy atom. The van der Waals surface area contributed by atoms with Gasteiger partial charge < -0.3 is 15.3 Å². The van der Waals surface area contributed by atoms with Gasteiger partial charge in [0.1, 0.15) is 0 Å². The molecule has 5 nitrogen and oxygen atoms in total. The molecule has 0 aromatic heterocycles. The third-order valence-corrected chi connectivity index (χ3v) is 5.59. The Morgan fingerprint density at radius 2 is 2.04 bits per heavy atom. The highest BCUT2D eigenvalue weighted by Gasteiger charge is 2.27. The lowest BCUT2D eigenvalue weighted by Gasteiger charge is -2.30. The van der Waals surface area contributed by atoms with Crippen molar-refractivity contribution in [3.8, 4) is 0 Å². The van der Waals surface area contributed by atoms with Crippen molar-refractivity contribution in [2.75, 3.05) is 18.1 Å². The fourth-order valence-corrected chi connectivity index (χ4v) is 4.22. The molecule has 136 valence electrons. The van der Waals surface area contributed by atoms with E-state index in [9.17, 15) is 14.7 Å². The van der Waals surface area contributed by atoms with E-state index in [0.717, 1.165) is 30.5 Å². The maximum Gasteiger partial charge on any atom is 0.251 e. The summed E-state index contributed by atoms with van der Waals surface area (Å²) in [6.45, 7) is 2.35. The van der Waals surface area contributed by atoms with Crippen molar-refractivity contribution in [1.29, 1.82) is 0 Å². The number of anilines is 1. The van der Waals surface area contributed by atoms with Crippen LogP contribution in [0, 0.1) is 5.92 Å². The summed E-state index contributed by atoms with van der Waals surface area (Å²) in [7, 11) is 0. The second-order valence-electron chi connectivity index (χ2n) is 7.25. The number of nitrogens with zero attached hydrogens (tertiary/aromatic N) is 1. The molecule has 2 aliphatic rings. The summed E-state index contributed by atoms with van der Waals surface area (Å²) in [4.78, 5) is 26.1. The van der Waals surface area contributed by atoms with Crippen molar-refractivity contribution < 1.29 is 14.7 Å². The van der Waals surface area contributed by atoms with Gasteiger partial charge in [0.05, 0.1) is 0 Å². The van der Waals surface area contributed by atoms with Crippen LogP contribution in [0.15, 0.2) is 18.2 Å². The van der Waals surface area contributed by atoms with Crippen molar-refractivity contribution >= 4 is 17.5 Å². The van der Waals surface area contributed by atoms with Crippen LogP contribution in [0.4, 0.5) is 5.69 Å². The van der Waals surface area contributed by atoms with Gasteiger partial charge in [0, 0.05) is 37.4 Å². The van der Waals surface area contributed by atoms with Crippen molar-refractivity contribution in [1.82, 2.24) is 5.32 Å². The number of aliphatic hydroxyl groups excluding tert-OH is 1. The zero-order valence-corrected chi connectivity index (χ0v) is 15.0. The highest BCUT2D eigenvalue weighted by atomic mass is 16.3. The zero-order valence-electron chi connectivity index (χ0n) is 15.0. The number of hydrogen-bond acceptors (Lipinski definition) is 3. The minimum absolute atomic E-state index is 0.0382. The molecule has 1 unspecified atom stereocenters. The standard InChI is InChI=1S/C20H28N2O3/c1-14(24)22-11-9-16-13-17(7-8-19(16)22)20(25)21-18(10-12-23)15-5-3-2-4-6-15/h7-8,13,15,18,23H,2-6,9-12H2,1H3,(H,21,25). The average molecular weight is 344 g/mol. The Morgan fingerprint density at radius 3 is 2.72 bits per heavy atom. The topological polar surface area (TPSA) is 69.6 Å². The van der Waals surface area contributed by atoms with E-state index in [-0.39, 0.29) is 24.5 Å². The maximum absolute atomic E-state index is 12.7. The van der Waals surface area contributed by atoms with Gasteiger partial charge in [-0.25, -0.2) is 0 Å². The molecule has 3 rings (SSSR count). The van der Waals surface area contributed by atoms with Crippen molar-refractivity contribution in [2.45, 2.75) is 57.9 Å². The van der Waals surface area contributed by atoms with Crippen LogP contribution < -0.4 is 10.2 Å². The largest absolute Gasteiger partial charge is 0.396 e. The third kappa shape index (κ3) is 4.03. The molecule has 0 saturated heterocycles. The summed E-state index contributed by atoms with van der Waals surface area (Å²) in [6, 6.07) is 5.62. The van der Waals surface area contributed by atoms with Crippen LogP contribution in [0.2, 0.25) is 0 Å². The lowest BCUT2D eigenvalue weighted by Crippen LogP contribution is -2.41. The van der Waals surface area contributed by atoms with Crippen LogP contribution in [0.3, 0.4) is 0 Å². The Balaban J connectivity index is 1.70. The summed E-state index contributed by atoms with van der Waals surface area (Å²) in [5.41, 5.74) is 2.62. The van der Waals surface area contributed by atoms with Crippen molar-refractivity contribution in [2.24, 2.45) is 5.92 Å². The van der Waals surface area contributed by atoms with E-state index in [4.69, 9.17) is 0 Å². The molecule has 0 spiro atoms. The maximum atomic E-state index is 12.7. The molecule has 25 heavy (non-hydrogen) atoms. The van der Waals surface area contributed by atoms with E-state index >= 15 is 0 Å². The van der Waals surface area contributed by atoms with E-state index in [2.05, 4.69) is 5.32 Å². The Bertz CT molecular complexity index is 638. The van der Waals surface area contributed by atoms with Crippen LogP contribution in [0.25, 0.3) is 0 Å². The van der Waals surface area contributed by atoms with E-state index in [1.807, 2.05) is 12.1 Å². The van der Waals surface area contributed by atoms with E-state index < -0.39 is 0 Å². The number of carbonyl (C=O) groups excluding carboxylic acids is 2. The van der Waals surface area contributed by atoms with Crippen molar-refractivity contribution in [3.63, 3.8) is 0 Å². The summed E-state index contributed by atoms with van der Waals surface area (Å²) in [5.74, 6) is 0.428. The van der Waals surface area contributed by atoms with Gasteiger partial charge in [0.2, 0.25) is 5.91 Å². The lowest BCUT2D eigenvalue weighted by molar-refractivity contribution is -0.116. The summed E-state index contributed by atoms with van der Waals surface area (Å²) in [6.07, 6.45) is 7.35. The molecule has 0 bridgehead atoms. The first-order valence-electron chi connectivity index (χ1n) is 9.43. The molecule has 1 aromatic rings. The first-order chi connectivity index (χ1) is 12.1. The molecule has 1 heterocycles. The molecule has 1 aromatic carbocycles. The number of fused-ring (bicyclic) bond motifs is 1. The van der Waals surface area contributed by atoms with Gasteiger partial charge in [-0.3, -0.25) is 9.59 Å². The van der Waals surface area contributed by atoms with Crippen LogP contribution >= 0.6 is 0 Å². The second-order valence-corrected chi connectivity index (χ2v) is 7.25. The second kappa shape index (κ2) is 8.00. The van der Waals surface area contributed by atoms with Crippen LogP contribution in [-0.2, 0) is 11.2 Å². The predicted molar refractivity (Wildman–Crippen MR) is 97.7 cm³/mol. The molecule has 1 fully saturated rings. The molecule has 5 heteroatoms. The highest BCUT2D eigenvalue weighted by Crippen LogP contribution is 2.30. The van der Waals surface area contributed by atoms with Crippen LogP contribution in [-0.4, -0.2) is 36.1 Å². The van der Waals surface area contributed by atoms with Gasteiger partial charge in [-0.15, -0.1) is 0 Å². The molecule has 1 aliphatic carbocycles. The number of benzene rings is 1. The van der Waals surface area contributed by atoms with Crippen LogP contribution in [0.5, 0.6) is 0 Å². The third-order valence-electron chi connectivity index (χ3n) is 5.59. The summed E-state index contributed by atoms with van der Waals surface area (Å²) >= 11 is 0. The number of nitrogens with one attached hydrogen (secondary N) is 1. The molecule has 2 N–H and O–H groups in total. The van der Waals surface area contributed by atoms with Gasteiger partial charge in [0.15, 0.2) is 0 Å². The Hall–Kier alpha value is -1.88. The van der Waals surface area contributed by atoms with E-state index in [0.29, 0.717) is 24.4 Å². The summed E-state index contributed by atoms with van der Waals surface area (Å²) in [5, 5.41) is 12.5. The minimum Gasteiger partial charge on any atom is -0.396 e. The van der Waals surface area contributed by atoms with Gasteiger partial charge in [-0.1, -0.05) is 19.3 Å². The number of amides is 2. The number of hydrogen-bond donors (Lipinski definition) is 2. The molecular weight excluding hydrogens is 316 g/mol. The monoisotopic (exact) mass is 344 g/mol. The predicted octanol–water partition coefficient (Wildman–Crippen LogP) is 2.66. The van der Waals surface area contributed by atoms with Crippen LogP contribution in [0.1, 0.15) is 61.4 Å². The van der Waals surface area contributed by atoms with E-state index in [1.54, 1.807) is 17.9 Å². The number of rotatable bonds is 5. The quantitative estimate of drug-likeness (QED) is 0.863. The lowest BCUT2D eigenvalue weighted by atomic mass is 9.82. The van der Waals surface area contributed by atoms with Gasteiger partial charge >= 0.3 is 0 Å². The molecule has 2 amide bonds. The van der Waals surface area contributed by atoms with Gasteiger partial charge in [0.25, 0.3) is 5.91 Å². The van der Waals surface area contributed by atoms with Gasteiger partial charge in [-0.05, 0) is 55.4 Å². The molecule has 1 atom stereocenters. The molecular formula is C20H28N2O3. The molecule has 0 radical (unpaired) electrons. The SMILES string of the molecule is CC(=O)N1CCc2cc(C(=O)NC(CCO)C3CCCCC3)ccc21. The molecule has 1 saturated carbocycles.